The van der Waals surface area contributed by atoms with Crippen molar-refractivity contribution in [3.05, 3.63) is 35.4 Å². The maximum atomic E-state index is 14.0. The molecule has 1 atom stereocenters. The highest BCUT2D eigenvalue weighted by atomic mass is 19.2. The third-order valence-corrected chi connectivity index (χ3v) is 6.18. The molecule has 0 aliphatic carbocycles. The van der Waals surface area contributed by atoms with Crippen molar-refractivity contribution in [1.82, 2.24) is 14.7 Å². The monoisotopic (exact) mass is 393 g/mol. The van der Waals surface area contributed by atoms with E-state index >= 15 is 0 Å². The second kappa shape index (κ2) is 8.55. The van der Waals surface area contributed by atoms with E-state index in [2.05, 4.69) is 4.90 Å². The molecule has 0 aromatic heterocycles. The number of hydrogen-bond acceptors (Lipinski definition) is 3. The lowest BCUT2D eigenvalue weighted by Crippen LogP contribution is -2.50. The summed E-state index contributed by atoms with van der Waals surface area (Å²) >= 11 is 0. The summed E-state index contributed by atoms with van der Waals surface area (Å²) in [5, 5.41) is 0. The van der Waals surface area contributed by atoms with E-state index in [0.717, 1.165) is 32.0 Å². The molecule has 1 aromatic carbocycles. The first-order chi connectivity index (χ1) is 13.4. The molecule has 0 bridgehead atoms. The normalized spacial score (nSPS) is 22.5. The Hall–Kier alpha value is -2.02. The summed E-state index contributed by atoms with van der Waals surface area (Å²) in [6, 6.07) is 4.05. The molecule has 7 heteroatoms. The molecule has 0 saturated carbocycles. The van der Waals surface area contributed by atoms with Crippen LogP contribution in [0.5, 0.6) is 0 Å². The van der Waals surface area contributed by atoms with Crippen LogP contribution in [0, 0.1) is 17.0 Å². The molecule has 28 heavy (non-hydrogen) atoms. The minimum atomic E-state index is -0.897. The number of likely N-dealkylation sites (N-methyl/N-ethyl adjacent to an activating group) is 1. The van der Waals surface area contributed by atoms with Gasteiger partial charge in [0.15, 0.2) is 11.6 Å². The standard InChI is InChI=1S/C21H29F2N3O2/c1-3-24(4-2)14-18(27)26-12-10-21(15-26)9-6-11-25(20(21)28)13-16-7-5-8-17(22)19(16)23/h5,7-8H,3-4,6,9-15H2,1-2H3/t21-/m1/s1. The van der Waals surface area contributed by atoms with Crippen LogP contribution < -0.4 is 0 Å². The summed E-state index contributed by atoms with van der Waals surface area (Å²) in [6.07, 6.45) is 2.18. The molecule has 2 saturated heterocycles. The lowest BCUT2D eigenvalue weighted by molar-refractivity contribution is -0.147. The molecule has 2 heterocycles. The van der Waals surface area contributed by atoms with Gasteiger partial charge < -0.3 is 9.80 Å². The van der Waals surface area contributed by atoms with Crippen LogP contribution in [0.4, 0.5) is 8.78 Å². The van der Waals surface area contributed by atoms with Crippen LogP contribution in [0.2, 0.25) is 0 Å². The molecular formula is C21H29F2N3O2. The number of benzene rings is 1. The SMILES string of the molecule is CCN(CC)CC(=O)N1CC[C@]2(CCCN(Cc3cccc(F)c3F)C2=O)C1. The molecule has 1 spiro atoms. The third-order valence-electron chi connectivity index (χ3n) is 6.18. The highest BCUT2D eigenvalue weighted by Crippen LogP contribution is 2.40. The average Bonchev–Trinajstić information content (AvgIpc) is 3.12. The zero-order valence-electron chi connectivity index (χ0n) is 16.7. The topological polar surface area (TPSA) is 43.9 Å². The van der Waals surface area contributed by atoms with E-state index in [1.165, 1.54) is 12.1 Å². The largest absolute Gasteiger partial charge is 0.340 e. The minimum absolute atomic E-state index is 0.0412. The Labute approximate surface area is 165 Å². The quantitative estimate of drug-likeness (QED) is 0.746. The van der Waals surface area contributed by atoms with Gasteiger partial charge in [0.25, 0.3) is 0 Å². The van der Waals surface area contributed by atoms with E-state index in [4.69, 9.17) is 0 Å². The van der Waals surface area contributed by atoms with Crippen LogP contribution in [0.3, 0.4) is 0 Å². The molecule has 0 unspecified atom stereocenters. The van der Waals surface area contributed by atoms with Gasteiger partial charge in [-0.25, -0.2) is 8.78 Å². The van der Waals surface area contributed by atoms with Crippen LogP contribution in [0.1, 0.15) is 38.7 Å². The zero-order valence-corrected chi connectivity index (χ0v) is 16.7. The fourth-order valence-electron chi connectivity index (χ4n) is 4.38. The number of nitrogens with zero attached hydrogens (tertiary/aromatic N) is 3. The Kier molecular flexibility index (Phi) is 6.33. The van der Waals surface area contributed by atoms with Gasteiger partial charge in [-0.3, -0.25) is 14.5 Å². The average molecular weight is 393 g/mol. The molecule has 2 fully saturated rings. The molecule has 2 aliphatic rings. The van der Waals surface area contributed by atoms with Gasteiger partial charge in [-0.05, 0) is 38.4 Å². The molecular weight excluding hydrogens is 364 g/mol. The second-order valence-corrected chi connectivity index (χ2v) is 7.85. The Morgan fingerprint density at radius 2 is 1.93 bits per heavy atom. The first-order valence-electron chi connectivity index (χ1n) is 10.1. The van der Waals surface area contributed by atoms with E-state index in [-0.39, 0.29) is 23.9 Å². The van der Waals surface area contributed by atoms with Gasteiger partial charge in [0.1, 0.15) is 0 Å². The Balaban J connectivity index is 1.68. The van der Waals surface area contributed by atoms with E-state index in [1.807, 2.05) is 13.8 Å². The predicted molar refractivity (Wildman–Crippen MR) is 102 cm³/mol. The van der Waals surface area contributed by atoms with Gasteiger partial charge in [-0.15, -0.1) is 0 Å². The minimum Gasteiger partial charge on any atom is -0.340 e. The van der Waals surface area contributed by atoms with E-state index < -0.39 is 17.0 Å². The molecule has 1 aromatic rings. The molecule has 154 valence electrons. The fourth-order valence-corrected chi connectivity index (χ4v) is 4.38. The van der Waals surface area contributed by atoms with Crippen molar-refractivity contribution in [2.75, 3.05) is 39.3 Å². The zero-order chi connectivity index (χ0) is 20.3. The fraction of sp³-hybridized carbons (Fsp3) is 0.619. The molecule has 3 rings (SSSR count). The molecule has 2 amide bonds. The van der Waals surface area contributed by atoms with Crippen LogP contribution in [-0.2, 0) is 16.1 Å². The molecule has 0 radical (unpaired) electrons. The number of likely N-dealkylation sites (tertiary alicyclic amines) is 2. The first kappa shape index (κ1) is 20.7. The summed E-state index contributed by atoms with van der Waals surface area (Å²) < 4.78 is 27.5. The number of piperidine rings is 1. The van der Waals surface area contributed by atoms with Crippen molar-refractivity contribution in [2.24, 2.45) is 5.41 Å². The summed E-state index contributed by atoms with van der Waals surface area (Å²) in [5.41, 5.74) is -0.390. The first-order valence-corrected chi connectivity index (χ1v) is 10.1. The number of carbonyl (C=O) groups is 2. The summed E-state index contributed by atoms with van der Waals surface area (Å²) in [7, 11) is 0. The van der Waals surface area contributed by atoms with Crippen molar-refractivity contribution in [3.63, 3.8) is 0 Å². The maximum absolute atomic E-state index is 14.0. The summed E-state index contributed by atoms with van der Waals surface area (Å²) in [4.78, 5) is 31.3. The third kappa shape index (κ3) is 4.04. The van der Waals surface area contributed by atoms with E-state index in [0.29, 0.717) is 32.6 Å². The predicted octanol–water partition coefficient (Wildman–Crippen LogP) is 2.65. The van der Waals surface area contributed by atoms with Crippen molar-refractivity contribution in [2.45, 2.75) is 39.7 Å². The van der Waals surface area contributed by atoms with Crippen LogP contribution in [0.15, 0.2) is 18.2 Å². The van der Waals surface area contributed by atoms with Gasteiger partial charge in [-0.2, -0.15) is 0 Å². The lowest BCUT2D eigenvalue weighted by atomic mass is 9.78. The van der Waals surface area contributed by atoms with Gasteiger partial charge in [0.05, 0.1) is 12.0 Å². The van der Waals surface area contributed by atoms with Crippen molar-refractivity contribution >= 4 is 11.8 Å². The number of carbonyl (C=O) groups excluding carboxylic acids is 2. The van der Waals surface area contributed by atoms with Crippen LogP contribution in [0.25, 0.3) is 0 Å². The van der Waals surface area contributed by atoms with Crippen LogP contribution in [-0.4, -0.2) is 65.8 Å². The number of amides is 2. The second-order valence-electron chi connectivity index (χ2n) is 7.85. The summed E-state index contributed by atoms with van der Waals surface area (Å²) in [5.74, 6) is -1.77. The van der Waals surface area contributed by atoms with E-state index in [9.17, 15) is 18.4 Å². The summed E-state index contributed by atoms with van der Waals surface area (Å²) in [6.45, 7) is 7.64. The van der Waals surface area contributed by atoms with Gasteiger partial charge in [0.2, 0.25) is 11.8 Å². The van der Waals surface area contributed by atoms with Crippen molar-refractivity contribution in [3.8, 4) is 0 Å². The lowest BCUT2D eigenvalue weighted by Gasteiger charge is -2.39. The molecule has 5 nitrogen and oxygen atoms in total. The Morgan fingerprint density at radius 3 is 2.64 bits per heavy atom. The van der Waals surface area contributed by atoms with Gasteiger partial charge in [-0.1, -0.05) is 26.0 Å². The van der Waals surface area contributed by atoms with Crippen molar-refractivity contribution < 1.29 is 18.4 Å². The smallest absolute Gasteiger partial charge is 0.236 e. The van der Waals surface area contributed by atoms with E-state index in [1.54, 1.807) is 9.80 Å². The highest BCUT2D eigenvalue weighted by Gasteiger charge is 2.49. The maximum Gasteiger partial charge on any atom is 0.236 e. The Morgan fingerprint density at radius 1 is 1.18 bits per heavy atom. The molecule has 0 N–H and O–H groups in total. The van der Waals surface area contributed by atoms with Crippen LogP contribution >= 0.6 is 0 Å². The number of hydrogen-bond donors (Lipinski definition) is 0. The van der Waals surface area contributed by atoms with Gasteiger partial charge >= 0.3 is 0 Å². The van der Waals surface area contributed by atoms with Gasteiger partial charge in [0, 0.05) is 31.7 Å². The molecule has 2 aliphatic heterocycles. The Bertz CT molecular complexity index is 738. The number of rotatable bonds is 6. The highest BCUT2D eigenvalue weighted by molar-refractivity contribution is 5.86. The van der Waals surface area contributed by atoms with Crippen molar-refractivity contribution in [1.29, 1.82) is 0 Å². The number of halogens is 2.